The Balaban J connectivity index is 1.88. The van der Waals surface area contributed by atoms with Crippen LogP contribution in [0.15, 0.2) is 48.5 Å². The van der Waals surface area contributed by atoms with Crippen molar-refractivity contribution in [3.05, 3.63) is 59.9 Å². The third-order valence-electron chi connectivity index (χ3n) is 2.91. The van der Waals surface area contributed by atoms with Crippen LogP contribution in [-0.2, 0) is 20.9 Å². The molecule has 0 aromatic heterocycles. The van der Waals surface area contributed by atoms with Crippen molar-refractivity contribution in [1.29, 1.82) is 0 Å². The van der Waals surface area contributed by atoms with Gasteiger partial charge >= 0.3 is 0 Å². The molecule has 0 aliphatic carbocycles. The largest absolute Gasteiger partial charge is 0.367 e. The summed E-state index contributed by atoms with van der Waals surface area (Å²) in [6.45, 7) is 1.44. The number of hydrogen-bond acceptors (Lipinski definition) is 3. The Morgan fingerprint density at radius 3 is 2.52 bits per heavy atom. The van der Waals surface area contributed by atoms with Gasteiger partial charge in [-0.2, -0.15) is 0 Å². The van der Waals surface area contributed by atoms with Gasteiger partial charge in [-0.25, -0.2) is 4.39 Å². The Morgan fingerprint density at radius 2 is 1.83 bits per heavy atom. The number of rotatable bonds is 6. The molecule has 2 rings (SSSR count). The average Bonchev–Trinajstić information content (AvgIpc) is 2.51. The Morgan fingerprint density at radius 1 is 1.09 bits per heavy atom. The van der Waals surface area contributed by atoms with Crippen molar-refractivity contribution in [2.45, 2.75) is 13.5 Å². The number of halogens is 1. The SMILES string of the molecule is CC(=O)Nc1ccc(F)c(NC(=O)COCc2ccccc2)c1. The van der Waals surface area contributed by atoms with Crippen LogP contribution in [0.3, 0.4) is 0 Å². The maximum atomic E-state index is 13.7. The number of carbonyl (C=O) groups is 2. The van der Waals surface area contributed by atoms with E-state index < -0.39 is 11.7 Å². The lowest BCUT2D eigenvalue weighted by Gasteiger charge is -2.09. The molecule has 2 aromatic carbocycles. The fourth-order valence-corrected chi connectivity index (χ4v) is 1.92. The molecule has 0 aliphatic heterocycles. The van der Waals surface area contributed by atoms with Crippen LogP contribution in [0.5, 0.6) is 0 Å². The summed E-state index contributed by atoms with van der Waals surface area (Å²) in [6.07, 6.45) is 0. The van der Waals surface area contributed by atoms with Gasteiger partial charge in [0.15, 0.2) is 0 Å². The number of benzene rings is 2. The normalized spacial score (nSPS) is 10.2. The van der Waals surface area contributed by atoms with E-state index in [1.54, 1.807) is 0 Å². The Labute approximate surface area is 133 Å². The van der Waals surface area contributed by atoms with Gasteiger partial charge in [0.2, 0.25) is 11.8 Å². The molecule has 5 nitrogen and oxygen atoms in total. The van der Waals surface area contributed by atoms with Crippen molar-refractivity contribution >= 4 is 23.2 Å². The van der Waals surface area contributed by atoms with Gasteiger partial charge in [-0.3, -0.25) is 9.59 Å². The van der Waals surface area contributed by atoms with Gasteiger partial charge < -0.3 is 15.4 Å². The molecule has 0 bridgehead atoms. The molecule has 23 heavy (non-hydrogen) atoms. The quantitative estimate of drug-likeness (QED) is 0.861. The molecule has 0 atom stereocenters. The second-order valence-corrected chi connectivity index (χ2v) is 4.90. The summed E-state index contributed by atoms with van der Waals surface area (Å²) in [5.74, 6) is -1.34. The summed E-state index contributed by atoms with van der Waals surface area (Å²) >= 11 is 0. The molecular formula is C17H17FN2O3. The highest BCUT2D eigenvalue weighted by Gasteiger charge is 2.09. The van der Waals surface area contributed by atoms with E-state index in [9.17, 15) is 14.0 Å². The third kappa shape index (κ3) is 5.52. The summed E-state index contributed by atoms with van der Waals surface area (Å²) in [7, 11) is 0. The van der Waals surface area contributed by atoms with Crippen molar-refractivity contribution in [2.75, 3.05) is 17.2 Å². The molecule has 2 N–H and O–H groups in total. The molecule has 0 heterocycles. The molecule has 0 fully saturated rings. The van der Waals surface area contributed by atoms with Gasteiger partial charge in [-0.15, -0.1) is 0 Å². The predicted molar refractivity (Wildman–Crippen MR) is 85.4 cm³/mol. The lowest BCUT2D eigenvalue weighted by molar-refractivity contribution is -0.121. The van der Waals surface area contributed by atoms with Gasteiger partial charge in [-0.05, 0) is 23.8 Å². The highest BCUT2D eigenvalue weighted by atomic mass is 19.1. The third-order valence-corrected chi connectivity index (χ3v) is 2.91. The van der Waals surface area contributed by atoms with E-state index in [1.165, 1.54) is 25.1 Å². The Hall–Kier alpha value is -2.73. The van der Waals surface area contributed by atoms with Crippen LogP contribution < -0.4 is 10.6 Å². The molecule has 120 valence electrons. The van der Waals surface area contributed by atoms with Crippen LogP contribution in [0.25, 0.3) is 0 Å². The average molecular weight is 316 g/mol. The first kappa shape index (κ1) is 16.6. The minimum atomic E-state index is -0.587. The number of hydrogen-bond donors (Lipinski definition) is 2. The number of anilines is 2. The summed E-state index contributed by atoms with van der Waals surface area (Å²) in [4.78, 5) is 22.8. The standard InChI is InChI=1S/C17H17FN2O3/c1-12(21)19-14-7-8-15(18)16(9-14)20-17(22)11-23-10-13-5-3-2-4-6-13/h2-9H,10-11H2,1H3,(H,19,21)(H,20,22). The number of amides is 2. The minimum Gasteiger partial charge on any atom is -0.367 e. The van der Waals surface area contributed by atoms with E-state index in [2.05, 4.69) is 10.6 Å². The summed E-state index contributed by atoms with van der Waals surface area (Å²) < 4.78 is 19.0. The summed E-state index contributed by atoms with van der Waals surface area (Å²) in [5.41, 5.74) is 1.34. The maximum absolute atomic E-state index is 13.7. The lowest BCUT2D eigenvalue weighted by Crippen LogP contribution is -2.19. The van der Waals surface area contributed by atoms with Crippen molar-refractivity contribution in [2.24, 2.45) is 0 Å². The van der Waals surface area contributed by atoms with E-state index in [-0.39, 0.29) is 18.2 Å². The molecule has 0 saturated heterocycles. The molecule has 0 aliphatic rings. The maximum Gasteiger partial charge on any atom is 0.250 e. The molecule has 2 aromatic rings. The zero-order chi connectivity index (χ0) is 16.7. The second-order valence-electron chi connectivity index (χ2n) is 4.90. The monoisotopic (exact) mass is 316 g/mol. The van der Waals surface area contributed by atoms with E-state index >= 15 is 0 Å². The molecule has 0 unspecified atom stereocenters. The molecule has 2 amide bonds. The zero-order valence-corrected chi connectivity index (χ0v) is 12.6. The van der Waals surface area contributed by atoms with Crippen LogP contribution in [-0.4, -0.2) is 18.4 Å². The van der Waals surface area contributed by atoms with Crippen molar-refractivity contribution < 1.29 is 18.7 Å². The summed E-state index contributed by atoms with van der Waals surface area (Å²) in [5, 5.41) is 4.94. The molecule has 0 radical (unpaired) electrons. The van der Waals surface area contributed by atoms with Gasteiger partial charge in [0, 0.05) is 12.6 Å². The minimum absolute atomic E-state index is 0.00967. The fourth-order valence-electron chi connectivity index (χ4n) is 1.92. The zero-order valence-electron chi connectivity index (χ0n) is 12.6. The van der Waals surface area contributed by atoms with E-state index in [4.69, 9.17) is 4.74 Å². The molecule has 6 heteroatoms. The van der Waals surface area contributed by atoms with Crippen LogP contribution in [0, 0.1) is 5.82 Å². The Kier molecular flexibility index (Phi) is 5.82. The predicted octanol–water partition coefficient (Wildman–Crippen LogP) is 2.94. The molecular weight excluding hydrogens is 299 g/mol. The first-order chi connectivity index (χ1) is 11.0. The number of ether oxygens (including phenoxy) is 1. The highest BCUT2D eigenvalue weighted by molar-refractivity contribution is 5.94. The van der Waals surface area contributed by atoms with E-state index in [1.807, 2.05) is 30.3 Å². The van der Waals surface area contributed by atoms with Gasteiger partial charge in [0.25, 0.3) is 0 Å². The topological polar surface area (TPSA) is 67.4 Å². The van der Waals surface area contributed by atoms with Gasteiger partial charge in [0.1, 0.15) is 12.4 Å². The summed E-state index contributed by atoms with van der Waals surface area (Å²) in [6, 6.07) is 13.4. The van der Waals surface area contributed by atoms with Crippen LogP contribution >= 0.6 is 0 Å². The Bertz CT molecular complexity index is 689. The fraction of sp³-hybridized carbons (Fsp3) is 0.176. The van der Waals surface area contributed by atoms with Gasteiger partial charge in [-0.1, -0.05) is 30.3 Å². The van der Waals surface area contributed by atoms with Crippen LogP contribution in [0.1, 0.15) is 12.5 Å². The van der Waals surface area contributed by atoms with Crippen molar-refractivity contribution in [3.63, 3.8) is 0 Å². The smallest absolute Gasteiger partial charge is 0.250 e. The molecule has 0 spiro atoms. The van der Waals surface area contributed by atoms with Crippen LogP contribution in [0.4, 0.5) is 15.8 Å². The van der Waals surface area contributed by atoms with E-state index in [0.717, 1.165) is 5.56 Å². The molecule has 0 saturated carbocycles. The number of nitrogens with one attached hydrogen (secondary N) is 2. The first-order valence-electron chi connectivity index (χ1n) is 7.03. The van der Waals surface area contributed by atoms with Crippen molar-refractivity contribution in [1.82, 2.24) is 0 Å². The van der Waals surface area contributed by atoms with E-state index in [0.29, 0.717) is 12.3 Å². The number of carbonyl (C=O) groups excluding carboxylic acids is 2. The van der Waals surface area contributed by atoms with Gasteiger partial charge in [0.05, 0.1) is 12.3 Å². The second kappa shape index (κ2) is 8.05. The lowest BCUT2D eigenvalue weighted by atomic mass is 10.2. The first-order valence-corrected chi connectivity index (χ1v) is 7.03. The van der Waals surface area contributed by atoms with Crippen LogP contribution in [0.2, 0.25) is 0 Å². The highest BCUT2D eigenvalue weighted by Crippen LogP contribution is 2.19. The van der Waals surface area contributed by atoms with Crippen molar-refractivity contribution in [3.8, 4) is 0 Å².